The Morgan fingerprint density at radius 1 is 1.19 bits per heavy atom. The zero-order chi connectivity index (χ0) is 15.6. The fourth-order valence-corrected chi connectivity index (χ4v) is 2.25. The topological polar surface area (TPSA) is 42.0 Å². The number of anilines is 1. The lowest BCUT2D eigenvalue weighted by Crippen LogP contribution is -2.14. The van der Waals surface area contributed by atoms with Crippen LogP contribution in [0.3, 0.4) is 0 Å². The van der Waals surface area contributed by atoms with Gasteiger partial charge < -0.3 is 5.32 Å². The van der Waals surface area contributed by atoms with Gasteiger partial charge in [-0.25, -0.2) is 4.98 Å². The first-order valence-electron chi connectivity index (χ1n) is 6.62. The molecule has 0 unspecified atom stereocenters. The third-order valence-electron chi connectivity index (χ3n) is 3.12. The minimum absolute atomic E-state index is 0.197. The highest BCUT2D eigenvalue weighted by Gasteiger charge is 2.12. The number of pyridine rings is 1. The van der Waals surface area contributed by atoms with Crippen LogP contribution < -0.4 is 5.32 Å². The van der Waals surface area contributed by atoms with Crippen molar-refractivity contribution >= 4 is 34.8 Å². The molecule has 21 heavy (non-hydrogen) atoms. The Morgan fingerprint density at radius 2 is 1.90 bits per heavy atom. The molecule has 2 aromatic rings. The Hall–Kier alpha value is -1.58. The molecule has 1 N–H and O–H groups in total. The van der Waals surface area contributed by atoms with E-state index in [4.69, 9.17) is 23.2 Å². The molecule has 3 nitrogen and oxygen atoms in total. The lowest BCUT2D eigenvalue weighted by Gasteiger charge is -2.11. The van der Waals surface area contributed by atoms with Crippen molar-refractivity contribution < 1.29 is 4.79 Å². The number of aryl methyl sites for hydroxylation is 1. The lowest BCUT2D eigenvalue weighted by molar-refractivity contribution is 0.102. The number of halogens is 2. The van der Waals surface area contributed by atoms with E-state index in [0.29, 0.717) is 21.4 Å². The minimum Gasteiger partial charge on any atom is -0.322 e. The number of amides is 1. The van der Waals surface area contributed by atoms with E-state index in [0.717, 1.165) is 11.3 Å². The van der Waals surface area contributed by atoms with Gasteiger partial charge in [-0.05, 0) is 42.7 Å². The zero-order valence-corrected chi connectivity index (χ0v) is 13.6. The largest absolute Gasteiger partial charge is 0.322 e. The SMILES string of the molecule is Cc1ccc(Cl)cc1NC(=O)c1cc(Cl)nc(C(C)C)c1. The predicted molar refractivity (Wildman–Crippen MR) is 87.5 cm³/mol. The molecule has 110 valence electrons. The highest BCUT2D eigenvalue weighted by Crippen LogP contribution is 2.22. The first-order chi connectivity index (χ1) is 9.86. The van der Waals surface area contributed by atoms with Gasteiger partial charge in [-0.1, -0.05) is 43.1 Å². The summed E-state index contributed by atoms with van der Waals surface area (Å²) in [6, 6.07) is 8.68. The van der Waals surface area contributed by atoms with Crippen LogP contribution in [0.2, 0.25) is 10.2 Å². The van der Waals surface area contributed by atoms with Crippen molar-refractivity contribution in [2.24, 2.45) is 0 Å². The summed E-state index contributed by atoms with van der Waals surface area (Å²) in [5.74, 6) is -0.0327. The number of hydrogen-bond acceptors (Lipinski definition) is 2. The van der Waals surface area contributed by atoms with Crippen LogP contribution in [0.5, 0.6) is 0 Å². The number of carbonyl (C=O) groups excluding carboxylic acids is 1. The standard InChI is InChI=1S/C16H16Cl2N2O/c1-9(2)13-6-11(7-15(18)19-13)16(21)20-14-8-12(17)5-4-10(14)3/h4-9H,1-3H3,(H,20,21). The number of hydrogen-bond donors (Lipinski definition) is 1. The summed E-state index contributed by atoms with van der Waals surface area (Å²) >= 11 is 11.9. The van der Waals surface area contributed by atoms with E-state index in [9.17, 15) is 4.79 Å². The van der Waals surface area contributed by atoms with Gasteiger partial charge in [-0.2, -0.15) is 0 Å². The van der Waals surface area contributed by atoms with E-state index in [1.165, 1.54) is 0 Å². The second-order valence-corrected chi connectivity index (χ2v) is 6.00. The summed E-state index contributed by atoms with van der Waals surface area (Å²) in [6.45, 7) is 5.91. The Kier molecular flexibility index (Phi) is 4.86. The summed E-state index contributed by atoms with van der Waals surface area (Å²) in [7, 11) is 0. The second kappa shape index (κ2) is 6.46. The Balaban J connectivity index is 2.30. The van der Waals surface area contributed by atoms with Crippen molar-refractivity contribution in [1.82, 2.24) is 4.98 Å². The van der Waals surface area contributed by atoms with Crippen LogP contribution in [0.1, 0.15) is 41.4 Å². The molecule has 1 heterocycles. The van der Waals surface area contributed by atoms with Gasteiger partial charge in [0, 0.05) is 22.0 Å². The van der Waals surface area contributed by atoms with Crippen LogP contribution in [0, 0.1) is 6.92 Å². The number of nitrogens with zero attached hydrogens (tertiary/aromatic N) is 1. The predicted octanol–water partition coefficient (Wildman–Crippen LogP) is 5.07. The van der Waals surface area contributed by atoms with E-state index in [2.05, 4.69) is 10.3 Å². The molecule has 0 aliphatic rings. The summed E-state index contributed by atoms with van der Waals surface area (Å²) < 4.78 is 0. The fraction of sp³-hybridized carbons (Fsp3) is 0.250. The van der Waals surface area contributed by atoms with Crippen LogP contribution in [-0.2, 0) is 0 Å². The van der Waals surface area contributed by atoms with E-state index in [-0.39, 0.29) is 11.8 Å². The molecule has 0 radical (unpaired) electrons. The van der Waals surface area contributed by atoms with Gasteiger partial charge in [0.1, 0.15) is 5.15 Å². The van der Waals surface area contributed by atoms with Gasteiger partial charge in [-0.15, -0.1) is 0 Å². The van der Waals surface area contributed by atoms with Crippen molar-refractivity contribution in [2.45, 2.75) is 26.7 Å². The van der Waals surface area contributed by atoms with Crippen LogP contribution >= 0.6 is 23.2 Å². The number of nitrogens with one attached hydrogen (secondary N) is 1. The molecule has 0 fully saturated rings. The van der Waals surface area contributed by atoms with Gasteiger partial charge in [0.05, 0.1) is 0 Å². The maximum atomic E-state index is 12.4. The molecule has 0 bridgehead atoms. The minimum atomic E-state index is -0.230. The van der Waals surface area contributed by atoms with Gasteiger partial charge >= 0.3 is 0 Å². The van der Waals surface area contributed by atoms with E-state index in [1.807, 2.05) is 26.8 Å². The first kappa shape index (κ1) is 15.8. The average Bonchev–Trinajstić information content (AvgIpc) is 2.42. The van der Waals surface area contributed by atoms with Gasteiger partial charge in [-0.3, -0.25) is 4.79 Å². The second-order valence-electron chi connectivity index (χ2n) is 5.17. The smallest absolute Gasteiger partial charge is 0.255 e. The molecule has 5 heteroatoms. The quantitative estimate of drug-likeness (QED) is 0.801. The Bertz CT molecular complexity index is 684. The monoisotopic (exact) mass is 322 g/mol. The summed E-state index contributed by atoms with van der Waals surface area (Å²) in [5.41, 5.74) is 2.90. The van der Waals surface area contributed by atoms with E-state index < -0.39 is 0 Å². The summed E-state index contributed by atoms with van der Waals surface area (Å²) in [5, 5.41) is 3.74. The van der Waals surface area contributed by atoms with E-state index >= 15 is 0 Å². The third kappa shape index (κ3) is 3.96. The number of benzene rings is 1. The molecular weight excluding hydrogens is 307 g/mol. The molecule has 2 rings (SSSR count). The fourth-order valence-electron chi connectivity index (χ4n) is 1.87. The van der Waals surface area contributed by atoms with Crippen molar-refractivity contribution in [2.75, 3.05) is 5.32 Å². The molecule has 0 aliphatic carbocycles. The van der Waals surface area contributed by atoms with Gasteiger partial charge in [0.15, 0.2) is 0 Å². The molecule has 1 aromatic heterocycles. The normalized spacial score (nSPS) is 10.8. The molecule has 0 saturated heterocycles. The van der Waals surface area contributed by atoms with Gasteiger partial charge in [0.25, 0.3) is 5.91 Å². The molecule has 0 aliphatic heterocycles. The third-order valence-corrected chi connectivity index (χ3v) is 3.54. The highest BCUT2D eigenvalue weighted by molar-refractivity contribution is 6.31. The van der Waals surface area contributed by atoms with Crippen LogP contribution in [-0.4, -0.2) is 10.9 Å². The molecule has 0 spiro atoms. The zero-order valence-electron chi connectivity index (χ0n) is 12.1. The van der Waals surface area contributed by atoms with Crippen LogP contribution in [0.15, 0.2) is 30.3 Å². The molecular formula is C16H16Cl2N2O. The van der Waals surface area contributed by atoms with E-state index in [1.54, 1.807) is 24.3 Å². The summed E-state index contributed by atoms with van der Waals surface area (Å²) in [4.78, 5) is 16.6. The molecule has 0 atom stereocenters. The van der Waals surface area contributed by atoms with Crippen molar-refractivity contribution in [1.29, 1.82) is 0 Å². The number of rotatable bonds is 3. The van der Waals surface area contributed by atoms with Crippen molar-refractivity contribution in [3.05, 3.63) is 57.3 Å². The summed E-state index contributed by atoms with van der Waals surface area (Å²) in [6.07, 6.45) is 0. The Morgan fingerprint density at radius 3 is 2.57 bits per heavy atom. The van der Waals surface area contributed by atoms with Crippen molar-refractivity contribution in [3.8, 4) is 0 Å². The Labute approximate surface area is 134 Å². The molecule has 0 saturated carbocycles. The number of aromatic nitrogens is 1. The highest BCUT2D eigenvalue weighted by atomic mass is 35.5. The van der Waals surface area contributed by atoms with Gasteiger partial charge in [0.2, 0.25) is 0 Å². The molecule has 1 aromatic carbocycles. The average molecular weight is 323 g/mol. The first-order valence-corrected chi connectivity index (χ1v) is 7.37. The maximum Gasteiger partial charge on any atom is 0.255 e. The lowest BCUT2D eigenvalue weighted by atomic mass is 10.1. The van der Waals surface area contributed by atoms with Crippen molar-refractivity contribution in [3.63, 3.8) is 0 Å². The number of carbonyl (C=O) groups is 1. The molecule has 1 amide bonds. The maximum absolute atomic E-state index is 12.4. The van der Waals surface area contributed by atoms with Crippen LogP contribution in [0.4, 0.5) is 5.69 Å². The van der Waals surface area contributed by atoms with Crippen LogP contribution in [0.25, 0.3) is 0 Å².